The predicted octanol–water partition coefficient (Wildman–Crippen LogP) is 1.61. The van der Waals surface area contributed by atoms with Crippen LogP contribution in [0.2, 0.25) is 0 Å². The minimum Gasteiger partial charge on any atom is -0.483 e. The van der Waals surface area contributed by atoms with Gasteiger partial charge in [-0.25, -0.2) is 0 Å². The second-order valence-corrected chi connectivity index (χ2v) is 2.45. The molecule has 1 atom stereocenters. The third-order valence-electron chi connectivity index (χ3n) is 1.49. The van der Waals surface area contributed by atoms with Crippen LogP contribution in [0.25, 0.3) is 0 Å². The van der Waals surface area contributed by atoms with Gasteiger partial charge in [0.1, 0.15) is 0 Å². The van der Waals surface area contributed by atoms with Crippen LogP contribution in [0.4, 0.5) is 0 Å². The quantitative estimate of drug-likeness (QED) is 0.480. The molecule has 0 fully saturated rings. The number of hydrogen-bond acceptors (Lipinski definition) is 2. The van der Waals surface area contributed by atoms with Crippen LogP contribution in [0, 0.1) is 0 Å². The monoisotopic (exact) mass is 170 g/mol. The Hall–Kier alpha value is -1.09. The maximum atomic E-state index is 8.36. The second-order valence-electron chi connectivity index (χ2n) is 2.45. The van der Waals surface area contributed by atoms with Crippen LogP contribution in [0.3, 0.4) is 0 Å². The summed E-state index contributed by atoms with van der Waals surface area (Å²) in [4.78, 5) is 8.36. The number of carboxylic acid groups (broad SMARTS) is 1. The topological polar surface area (TPSA) is 46.5 Å². The minimum atomic E-state index is -0.250. The van der Waals surface area contributed by atoms with Gasteiger partial charge in [0.25, 0.3) is 6.47 Å². The van der Waals surface area contributed by atoms with Gasteiger partial charge in [-0.15, -0.1) is 0 Å². The van der Waals surface area contributed by atoms with Crippen LogP contribution >= 0.6 is 0 Å². The molecule has 0 radical (unpaired) electrons. The summed E-state index contributed by atoms with van der Waals surface area (Å²) in [6.45, 7) is 1.87. The largest absolute Gasteiger partial charge is 0.483 e. The average Bonchev–Trinajstić information content (AvgIpc) is 2.06. The molecule has 3 nitrogen and oxygen atoms in total. The maximum Gasteiger partial charge on any atom is 0.290 e. The van der Waals surface area contributed by atoms with Gasteiger partial charge in [-0.1, -0.05) is 23.8 Å². The molecule has 12 heavy (non-hydrogen) atoms. The lowest BCUT2D eigenvalue weighted by molar-refractivity contribution is -0.122. The zero-order valence-corrected chi connectivity index (χ0v) is 7.36. The Bertz CT molecular complexity index is 182. The average molecular weight is 170 g/mol. The molecule has 1 rings (SSSR count). The van der Waals surface area contributed by atoms with Gasteiger partial charge in [-0.2, -0.15) is 0 Å². The van der Waals surface area contributed by atoms with E-state index in [-0.39, 0.29) is 12.6 Å². The van der Waals surface area contributed by atoms with Crippen molar-refractivity contribution in [2.45, 2.75) is 19.4 Å². The Morgan fingerprint density at radius 1 is 1.75 bits per heavy atom. The van der Waals surface area contributed by atoms with E-state index < -0.39 is 0 Å². The maximum absolute atomic E-state index is 8.36. The lowest BCUT2D eigenvalue weighted by Crippen LogP contribution is -2.05. The number of methoxy groups -OCH3 is 1. The zero-order valence-electron chi connectivity index (χ0n) is 7.36. The van der Waals surface area contributed by atoms with Gasteiger partial charge >= 0.3 is 0 Å². The van der Waals surface area contributed by atoms with Crippen molar-refractivity contribution >= 4 is 6.47 Å². The molecule has 0 amide bonds. The van der Waals surface area contributed by atoms with Crippen LogP contribution < -0.4 is 0 Å². The summed E-state index contributed by atoms with van der Waals surface area (Å²) < 4.78 is 5.10. The van der Waals surface area contributed by atoms with Crippen molar-refractivity contribution in [1.82, 2.24) is 0 Å². The van der Waals surface area contributed by atoms with Crippen molar-refractivity contribution in [2.24, 2.45) is 0 Å². The molecule has 1 aliphatic carbocycles. The molecule has 0 saturated heterocycles. The van der Waals surface area contributed by atoms with Crippen molar-refractivity contribution in [3.05, 3.63) is 23.8 Å². The third kappa shape index (κ3) is 4.68. The summed E-state index contributed by atoms with van der Waals surface area (Å²) >= 11 is 0. The van der Waals surface area contributed by atoms with Gasteiger partial charge in [-0.3, -0.25) is 4.79 Å². The molecular formula is C9H14O3. The van der Waals surface area contributed by atoms with E-state index in [4.69, 9.17) is 14.6 Å². The van der Waals surface area contributed by atoms with E-state index in [0.29, 0.717) is 0 Å². The molecule has 68 valence electrons. The van der Waals surface area contributed by atoms with Crippen molar-refractivity contribution < 1.29 is 14.6 Å². The van der Waals surface area contributed by atoms with Crippen molar-refractivity contribution in [1.29, 1.82) is 0 Å². The van der Waals surface area contributed by atoms with E-state index in [9.17, 15) is 0 Å². The molecule has 1 N–H and O–H groups in total. The molecule has 0 aromatic carbocycles. The lowest BCUT2D eigenvalue weighted by Gasteiger charge is -2.10. The lowest BCUT2D eigenvalue weighted by atomic mass is 10.1. The first-order chi connectivity index (χ1) is 5.74. The third-order valence-corrected chi connectivity index (χ3v) is 1.49. The molecule has 0 aromatic rings. The highest BCUT2D eigenvalue weighted by molar-refractivity contribution is 5.32. The zero-order chi connectivity index (χ0) is 9.40. The first-order valence-electron chi connectivity index (χ1n) is 3.69. The van der Waals surface area contributed by atoms with Gasteiger partial charge in [0, 0.05) is 7.11 Å². The van der Waals surface area contributed by atoms with Crippen LogP contribution in [0.1, 0.15) is 13.3 Å². The molecule has 0 spiro atoms. The van der Waals surface area contributed by atoms with E-state index in [1.165, 1.54) is 5.57 Å². The van der Waals surface area contributed by atoms with Crippen molar-refractivity contribution in [2.75, 3.05) is 7.11 Å². The van der Waals surface area contributed by atoms with Crippen LogP contribution in [-0.2, 0) is 9.53 Å². The van der Waals surface area contributed by atoms with E-state index in [1.54, 1.807) is 7.11 Å². The number of rotatable bonds is 1. The first kappa shape index (κ1) is 10.9. The fourth-order valence-corrected chi connectivity index (χ4v) is 0.939. The first-order valence-corrected chi connectivity index (χ1v) is 3.69. The van der Waals surface area contributed by atoms with Crippen LogP contribution in [-0.4, -0.2) is 24.8 Å². The van der Waals surface area contributed by atoms with Gasteiger partial charge < -0.3 is 9.84 Å². The van der Waals surface area contributed by atoms with Gasteiger partial charge in [0.05, 0.1) is 6.10 Å². The smallest absolute Gasteiger partial charge is 0.290 e. The van der Waals surface area contributed by atoms with E-state index in [0.717, 1.165) is 6.42 Å². The summed E-state index contributed by atoms with van der Waals surface area (Å²) in [6.07, 6.45) is 7.66. The summed E-state index contributed by atoms with van der Waals surface area (Å²) in [5.74, 6) is 0. The number of ether oxygens (including phenoxy) is 1. The SMILES string of the molecule is COC1C=CCC(C)=C1.O=CO. The molecular weight excluding hydrogens is 156 g/mol. The molecule has 0 aliphatic heterocycles. The fourth-order valence-electron chi connectivity index (χ4n) is 0.939. The van der Waals surface area contributed by atoms with Crippen LogP contribution in [0.5, 0.6) is 0 Å². The van der Waals surface area contributed by atoms with E-state index in [1.807, 2.05) is 0 Å². The number of allylic oxidation sites excluding steroid dienone is 2. The Balaban J connectivity index is 0.000000354. The summed E-state index contributed by atoms with van der Waals surface area (Å²) in [7, 11) is 1.73. The summed E-state index contributed by atoms with van der Waals surface area (Å²) in [6, 6.07) is 0. The molecule has 1 unspecified atom stereocenters. The number of hydrogen-bond donors (Lipinski definition) is 1. The second kappa shape index (κ2) is 6.61. The molecule has 0 aromatic heterocycles. The molecule has 3 heteroatoms. The van der Waals surface area contributed by atoms with Gasteiger partial charge in [-0.05, 0) is 13.3 Å². The standard InChI is InChI=1S/C8H12O.CH2O2/c1-7-4-3-5-8(6-7)9-2;2-1-3/h3,5-6,8H,4H2,1-2H3;1H,(H,2,3). The van der Waals surface area contributed by atoms with Crippen LogP contribution in [0.15, 0.2) is 23.8 Å². The van der Waals surface area contributed by atoms with E-state index >= 15 is 0 Å². The highest BCUT2D eigenvalue weighted by atomic mass is 16.5. The summed E-state index contributed by atoms with van der Waals surface area (Å²) in [5.41, 5.74) is 1.39. The Kier molecular flexibility index (Phi) is 6.01. The van der Waals surface area contributed by atoms with E-state index in [2.05, 4.69) is 25.2 Å². The fraction of sp³-hybridized carbons (Fsp3) is 0.444. The number of carbonyl (C=O) groups is 1. The van der Waals surface area contributed by atoms with Crippen molar-refractivity contribution in [3.8, 4) is 0 Å². The minimum absolute atomic E-state index is 0.221. The van der Waals surface area contributed by atoms with Gasteiger partial charge in [0.15, 0.2) is 0 Å². The van der Waals surface area contributed by atoms with Crippen molar-refractivity contribution in [3.63, 3.8) is 0 Å². The molecule has 0 heterocycles. The Labute approximate surface area is 72.3 Å². The highest BCUT2D eigenvalue weighted by Gasteiger charge is 2.01. The molecule has 0 bridgehead atoms. The van der Waals surface area contributed by atoms with Gasteiger partial charge in [0.2, 0.25) is 0 Å². The predicted molar refractivity (Wildman–Crippen MR) is 47.0 cm³/mol. The molecule has 0 saturated carbocycles. The Morgan fingerprint density at radius 2 is 2.33 bits per heavy atom. The summed E-state index contributed by atoms with van der Waals surface area (Å²) in [5, 5.41) is 6.89. The molecule has 1 aliphatic rings. The highest BCUT2D eigenvalue weighted by Crippen LogP contribution is 2.11. The normalized spacial score (nSPS) is 20.5. The Morgan fingerprint density at radius 3 is 2.67 bits per heavy atom.